The molecule has 0 aliphatic carbocycles. The highest BCUT2D eigenvalue weighted by atomic mass is 16.6. The van der Waals surface area contributed by atoms with Crippen LogP contribution >= 0.6 is 0 Å². The molecule has 0 bridgehead atoms. The lowest BCUT2D eigenvalue weighted by molar-refractivity contribution is 0.0311. The van der Waals surface area contributed by atoms with Crippen molar-refractivity contribution in [2.24, 2.45) is 5.92 Å². The van der Waals surface area contributed by atoms with E-state index in [1.54, 1.807) is 6.07 Å². The monoisotopic (exact) mass is 278 g/mol. The van der Waals surface area contributed by atoms with Crippen LogP contribution in [0.25, 0.3) is 0 Å². The molecule has 0 spiro atoms. The van der Waals surface area contributed by atoms with Crippen LogP contribution in [0.3, 0.4) is 0 Å². The van der Waals surface area contributed by atoms with Gasteiger partial charge in [-0.1, -0.05) is 44.9 Å². The van der Waals surface area contributed by atoms with Crippen molar-refractivity contribution >= 4 is 5.97 Å². The number of benzene rings is 1. The molecule has 0 aromatic heterocycles. The third kappa shape index (κ3) is 6.71. The van der Waals surface area contributed by atoms with Crippen LogP contribution in [-0.4, -0.2) is 25.8 Å². The van der Waals surface area contributed by atoms with Crippen LogP contribution in [0.5, 0.6) is 0 Å². The van der Waals surface area contributed by atoms with Gasteiger partial charge in [0.05, 0.1) is 12.2 Å². The number of carbonyl (C=O) groups is 1. The van der Waals surface area contributed by atoms with Crippen molar-refractivity contribution in [1.82, 2.24) is 0 Å². The van der Waals surface area contributed by atoms with Crippen molar-refractivity contribution < 1.29 is 14.3 Å². The Bertz CT molecular complexity index is 399. The Morgan fingerprint density at radius 3 is 2.55 bits per heavy atom. The number of aryl methyl sites for hydroxylation is 1. The van der Waals surface area contributed by atoms with E-state index in [2.05, 4.69) is 13.8 Å². The fourth-order valence-electron chi connectivity index (χ4n) is 1.93. The molecule has 0 saturated heterocycles. The Kier molecular flexibility index (Phi) is 7.97. The number of esters is 1. The topological polar surface area (TPSA) is 35.5 Å². The zero-order valence-corrected chi connectivity index (χ0v) is 12.9. The maximum Gasteiger partial charge on any atom is 0.338 e. The van der Waals surface area contributed by atoms with Gasteiger partial charge in [-0.05, 0) is 30.9 Å². The van der Waals surface area contributed by atoms with Gasteiger partial charge in [-0.15, -0.1) is 0 Å². The second-order valence-corrected chi connectivity index (χ2v) is 5.45. The van der Waals surface area contributed by atoms with Crippen LogP contribution in [-0.2, 0) is 9.47 Å². The van der Waals surface area contributed by atoms with Gasteiger partial charge < -0.3 is 9.47 Å². The van der Waals surface area contributed by atoms with Gasteiger partial charge in [0.1, 0.15) is 6.61 Å². The summed E-state index contributed by atoms with van der Waals surface area (Å²) in [5, 5.41) is 0. The van der Waals surface area contributed by atoms with Crippen molar-refractivity contribution in [1.29, 1.82) is 0 Å². The molecule has 0 atom stereocenters. The fraction of sp³-hybridized carbons (Fsp3) is 0.588. The van der Waals surface area contributed by atoms with E-state index in [-0.39, 0.29) is 5.97 Å². The molecule has 0 aliphatic heterocycles. The van der Waals surface area contributed by atoms with Crippen LogP contribution in [0.1, 0.15) is 49.0 Å². The van der Waals surface area contributed by atoms with Crippen LogP contribution < -0.4 is 0 Å². The SMILES string of the molecule is Cc1ccccc1C(=O)OCCOCCCCC(C)C. The number of hydrogen-bond donors (Lipinski definition) is 0. The summed E-state index contributed by atoms with van der Waals surface area (Å²) >= 11 is 0. The highest BCUT2D eigenvalue weighted by molar-refractivity contribution is 5.90. The summed E-state index contributed by atoms with van der Waals surface area (Å²) in [5.41, 5.74) is 1.57. The highest BCUT2D eigenvalue weighted by Gasteiger charge is 2.08. The number of hydrogen-bond acceptors (Lipinski definition) is 3. The second-order valence-electron chi connectivity index (χ2n) is 5.45. The van der Waals surface area contributed by atoms with E-state index in [1.807, 2.05) is 25.1 Å². The second kappa shape index (κ2) is 9.54. The number of unbranched alkanes of at least 4 members (excludes halogenated alkanes) is 1. The molecular weight excluding hydrogens is 252 g/mol. The van der Waals surface area contributed by atoms with Crippen LogP contribution in [0.2, 0.25) is 0 Å². The molecule has 20 heavy (non-hydrogen) atoms. The Hall–Kier alpha value is -1.35. The van der Waals surface area contributed by atoms with Crippen LogP contribution in [0.15, 0.2) is 24.3 Å². The van der Waals surface area contributed by atoms with Crippen LogP contribution in [0.4, 0.5) is 0 Å². The molecular formula is C17H26O3. The fourth-order valence-corrected chi connectivity index (χ4v) is 1.93. The normalized spacial score (nSPS) is 10.8. The van der Waals surface area contributed by atoms with E-state index >= 15 is 0 Å². The number of rotatable bonds is 9. The van der Waals surface area contributed by atoms with Gasteiger partial charge >= 0.3 is 5.97 Å². The first-order chi connectivity index (χ1) is 9.61. The minimum absolute atomic E-state index is 0.272. The summed E-state index contributed by atoms with van der Waals surface area (Å²) in [4.78, 5) is 11.8. The van der Waals surface area contributed by atoms with Crippen molar-refractivity contribution in [2.75, 3.05) is 19.8 Å². The summed E-state index contributed by atoms with van der Waals surface area (Å²) < 4.78 is 10.6. The lowest BCUT2D eigenvalue weighted by atomic mass is 10.1. The van der Waals surface area contributed by atoms with Gasteiger partial charge in [-0.2, -0.15) is 0 Å². The molecule has 1 rings (SSSR count). The third-order valence-corrected chi connectivity index (χ3v) is 3.15. The Morgan fingerprint density at radius 2 is 1.85 bits per heavy atom. The molecule has 112 valence electrons. The maximum absolute atomic E-state index is 11.8. The predicted octanol–water partition coefficient (Wildman–Crippen LogP) is 3.99. The molecule has 0 fully saturated rings. The van der Waals surface area contributed by atoms with Gasteiger partial charge in [-0.25, -0.2) is 4.79 Å². The third-order valence-electron chi connectivity index (χ3n) is 3.15. The first-order valence-electron chi connectivity index (χ1n) is 7.41. The Morgan fingerprint density at radius 1 is 1.10 bits per heavy atom. The molecule has 0 aliphatic rings. The number of ether oxygens (including phenoxy) is 2. The standard InChI is InChI=1S/C17H26O3/c1-14(2)8-6-7-11-19-12-13-20-17(18)16-10-5-4-9-15(16)3/h4-5,9-10,14H,6-8,11-13H2,1-3H3. The van der Waals surface area contributed by atoms with Crippen LogP contribution in [0, 0.1) is 12.8 Å². The lowest BCUT2D eigenvalue weighted by Gasteiger charge is -2.08. The summed E-state index contributed by atoms with van der Waals surface area (Å²) in [6.45, 7) is 7.89. The van der Waals surface area contributed by atoms with E-state index < -0.39 is 0 Å². The number of carbonyl (C=O) groups excluding carboxylic acids is 1. The van der Waals surface area contributed by atoms with Gasteiger partial charge in [0.15, 0.2) is 0 Å². The zero-order valence-electron chi connectivity index (χ0n) is 12.9. The zero-order chi connectivity index (χ0) is 14.8. The Labute approximate surface area is 122 Å². The molecule has 1 aromatic rings. The van der Waals surface area contributed by atoms with Gasteiger partial charge in [0.25, 0.3) is 0 Å². The average molecular weight is 278 g/mol. The molecule has 3 heteroatoms. The van der Waals surface area contributed by atoms with E-state index in [9.17, 15) is 4.79 Å². The maximum atomic E-state index is 11.8. The molecule has 0 saturated carbocycles. The van der Waals surface area contributed by atoms with Gasteiger partial charge in [0, 0.05) is 6.61 Å². The molecule has 0 N–H and O–H groups in total. The predicted molar refractivity (Wildman–Crippen MR) is 81.0 cm³/mol. The van der Waals surface area contributed by atoms with E-state index in [1.165, 1.54) is 12.8 Å². The molecule has 0 unspecified atom stereocenters. The van der Waals surface area contributed by atoms with E-state index in [0.29, 0.717) is 18.8 Å². The van der Waals surface area contributed by atoms with Gasteiger partial charge in [-0.3, -0.25) is 0 Å². The summed E-state index contributed by atoms with van der Waals surface area (Å²) in [6.07, 6.45) is 3.51. The molecule has 0 amide bonds. The first kappa shape index (κ1) is 16.7. The van der Waals surface area contributed by atoms with E-state index in [4.69, 9.17) is 9.47 Å². The molecule has 0 radical (unpaired) electrons. The van der Waals surface area contributed by atoms with Crippen molar-refractivity contribution in [2.45, 2.75) is 40.0 Å². The smallest absolute Gasteiger partial charge is 0.338 e. The van der Waals surface area contributed by atoms with Crippen molar-refractivity contribution in [3.8, 4) is 0 Å². The molecule has 0 heterocycles. The summed E-state index contributed by atoms with van der Waals surface area (Å²) in [7, 11) is 0. The van der Waals surface area contributed by atoms with E-state index in [0.717, 1.165) is 24.5 Å². The minimum Gasteiger partial charge on any atom is -0.460 e. The first-order valence-corrected chi connectivity index (χ1v) is 7.41. The quantitative estimate of drug-likeness (QED) is 0.506. The highest BCUT2D eigenvalue weighted by Crippen LogP contribution is 2.08. The molecule has 3 nitrogen and oxygen atoms in total. The molecule has 1 aromatic carbocycles. The lowest BCUT2D eigenvalue weighted by Crippen LogP contribution is -2.12. The summed E-state index contributed by atoms with van der Waals surface area (Å²) in [5.74, 6) is 0.483. The minimum atomic E-state index is -0.272. The Balaban J connectivity index is 2.07. The van der Waals surface area contributed by atoms with Gasteiger partial charge in [0.2, 0.25) is 0 Å². The van der Waals surface area contributed by atoms with Crippen molar-refractivity contribution in [3.05, 3.63) is 35.4 Å². The summed E-state index contributed by atoms with van der Waals surface area (Å²) in [6, 6.07) is 7.44. The van der Waals surface area contributed by atoms with Crippen molar-refractivity contribution in [3.63, 3.8) is 0 Å². The largest absolute Gasteiger partial charge is 0.460 e. The average Bonchev–Trinajstić information content (AvgIpc) is 2.41.